The van der Waals surface area contributed by atoms with Gasteiger partial charge >= 0.3 is 0 Å². The van der Waals surface area contributed by atoms with E-state index in [4.69, 9.17) is 20.1 Å². The number of ether oxygens (including phenoxy) is 1. The summed E-state index contributed by atoms with van der Waals surface area (Å²) in [7, 11) is 0. The maximum atomic E-state index is 9.17. The van der Waals surface area contributed by atoms with Crippen molar-refractivity contribution < 1.29 is 20.1 Å². The molecule has 0 aromatic rings. The summed E-state index contributed by atoms with van der Waals surface area (Å²) < 4.78 is 5.55. The molecule has 0 radical (unpaired) electrons. The maximum absolute atomic E-state index is 9.17. The summed E-state index contributed by atoms with van der Waals surface area (Å²) in [6.07, 6.45) is 7.15. The van der Waals surface area contributed by atoms with Gasteiger partial charge in [0.25, 0.3) is 0 Å². The van der Waals surface area contributed by atoms with Crippen molar-refractivity contribution in [3.8, 4) is 0 Å². The Morgan fingerprint density at radius 1 is 1.06 bits per heavy atom. The highest BCUT2D eigenvalue weighted by Crippen LogP contribution is 2.21. The second kappa shape index (κ2) is 9.88. The third kappa shape index (κ3) is 6.00. The normalized spacial score (nSPS) is 12.3. The molecule has 3 N–H and O–H groups in total. The molecule has 0 saturated heterocycles. The zero-order valence-corrected chi connectivity index (χ0v) is 10.8. The summed E-state index contributed by atoms with van der Waals surface area (Å²) >= 11 is 0. The van der Waals surface area contributed by atoms with Crippen LogP contribution in [0.1, 0.15) is 19.3 Å². The molecule has 18 heavy (non-hydrogen) atoms. The molecule has 0 saturated carbocycles. The van der Waals surface area contributed by atoms with Crippen molar-refractivity contribution in [3.63, 3.8) is 0 Å². The number of rotatable bonds is 11. The average Bonchev–Trinajstić information content (AvgIpc) is 2.41. The van der Waals surface area contributed by atoms with Crippen LogP contribution in [0.3, 0.4) is 0 Å². The third-order valence-electron chi connectivity index (χ3n) is 2.78. The fraction of sp³-hybridized carbons (Fsp3) is 0.571. The van der Waals surface area contributed by atoms with Crippen LogP contribution < -0.4 is 0 Å². The van der Waals surface area contributed by atoms with Gasteiger partial charge in [-0.05, 0) is 18.9 Å². The third-order valence-corrected chi connectivity index (χ3v) is 2.78. The highest BCUT2D eigenvalue weighted by atomic mass is 16.5. The predicted octanol–water partition coefficient (Wildman–Crippen LogP) is 1.39. The number of aliphatic hydroxyl groups excluding tert-OH is 3. The molecule has 0 amide bonds. The minimum absolute atomic E-state index is 0.267. The van der Waals surface area contributed by atoms with Crippen LogP contribution in [0.25, 0.3) is 0 Å². The molecule has 0 atom stereocenters. The van der Waals surface area contributed by atoms with Crippen LogP contribution in [-0.4, -0.2) is 41.7 Å². The van der Waals surface area contributed by atoms with E-state index in [-0.39, 0.29) is 19.8 Å². The summed E-state index contributed by atoms with van der Waals surface area (Å²) in [5.74, 6) is 0.785. The second-order valence-electron chi connectivity index (χ2n) is 4.26. The van der Waals surface area contributed by atoms with E-state index in [0.29, 0.717) is 25.9 Å². The summed E-state index contributed by atoms with van der Waals surface area (Å²) in [6, 6.07) is 0. The number of hydrogen-bond donors (Lipinski definition) is 3. The van der Waals surface area contributed by atoms with Crippen LogP contribution in [0.4, 0.5) is 0 Å². The van der Waals surface area contributed by atoms with Gasteiger partial charge in [-0.3, -0.25) is 0 Å². The van der Waals surface area contributed by atoms with Gasteiger partial charge in [0.05, 0.1) is 32.2 Å². The molecule has 0 aliphatic heterocycles. The molecular formula is C14H24O4. The van der Waals surface area contributed by atoms with E-state index < -0.39 is 5.41 Å². The highest BCUT2D eigenvalue weighted by molar-refractivity contribution is 5.01. The quantitative estimate of drug-likeness (QED) is 0.386. The lowest BCUT2D eigenvalue weighted by molar-refractivity contribution is -0.0147. The van der Waals surface area contributed by atoms with E-state index in [1.165, 1.54) is 0 Å². The number of hydrogen-bond acceptors (Lipinski definition) is 4. The van der Waals surface area contributed by atoms with Gasteiger partial charge in [0.2, 0.25) is 0 Å². The monoisotopic (exact) mass is 256 g/mol. The Balaban J connectivity index is 4.26. The predicted molar refractivity (Wildman–Crippen MR) is 72.0 cm³/mol. The molecular weight excluding hydrogens is 232 g/mol. The molecule has 0 heterocycles. The topological polar surface area (TPSA) is 69.9 Å². The lowest BCUT2D eigenvalue weighted by atomic mass is 9.88. The molecule has 4 nitrogen and oxygen atoms in total. The van der Waals surface area contributed by atoms with Gasteiger partial charge in [-0.25, -0.2) is 0 Å². The molecule has 0 aromatic heterocycles. The zero-order chi connectivity index (χ0) is 13.9. The fourth-order valence-corrected chi connectivity index (χ4v) is 1.34. The largest absolute Gasteiger partial charge is 0.498 e. The average molecular weight is 256 g/mol. The van der Waals surface area contributed by atoms with Gasteiger partial charge in [0.1, 0.15) is 0 Å². The van der Waals surface area contributed by atoms with Crippen LogP contribution in [-0.2, 0) is 4.74 Å². The van der Waals surface area contributed by atoms with E-state index in [1.54, 1.807) is 12.2 Å². The van der Waals surface area contributed by atoms with E-state index in [2.05, 4.69) is 13.2 Å². The van der Waals surface area contributed by atoms with Crippen molar-refractivity contribution in [3.05, 3.63) is 37.1 Å². The first-order valence-corrected chi connectivity index (χ1v) is 6.04. The maximum Gasteiger partial charge on any atom is 0.0960 e. The van der Waals surface area contributed by atoms with Gasteiger partial charge in [0, 0.05) is 11.8 Å². The molecule has 4 heteroatoms. The Labute approximate surface area is 109 Å². The molecule has 0 aliphatic carbocycles. The van der Waals surface area contributed by atoms with Crippen LogP contribution >= 0.6 is 0 Å². The van der Waals surface area contributed by atoms with Crippen LogP contribution in [0, 0.1) is 5.41 Å². The van der Waals surface area contributed by atoms with Gasteiger partial charge in [-0.1, -0.05) is 12.2 Å². The van der Waals surface area contributed by atoms with Gasteiger partial charge in [0.15, 0.2) is 0 Å². The number of allylic oxidation sites excluding steroid dienone is 3. The Bertz CT molecular complexity index is 259. The molecule has 104 valence electrons. The van der Waals surface area contributed by atoms with Gasteiger partial charge < -0.3 is 20.1 Å². The molecule has 0 bridgehead atoms. The summed E-state index contributed by atoms with van der Waals surface area (Å²) in [5.41, 5.74) is -0.877. The lowest BCUT2D eigenvalue weighted by Gasteiger charge is -2.27. The number of aliphatic hydroxyl groups is 3. The first kappa shape index (κ1) is 16.9. The van der Waals surface area contributed by atoms with Crippen molar-refractivity contribution in [2.45, 2.75) is 19.3 Å². The summed E-state index contributed by atoms with van der Waals surface area (Å²) in [5, 5.41) is 27.5. The first-order chi connectivity index (χ1) is 8.67. The standard InChI is InChI=1S/C14H24O4/c1-3-5-7-13(6-4-2)18-9-8-14(10-15,11-16)12-17/h3-4,7,15-17H,1-2,5-6,8-12H2. The van der Waals surface area contributed by atoms with E-state index in [0.717, 1.165) is 5.76 Å². The summed E-state index contributed by atoms with van der Waals surface area (Å²) in [4.78, 5) is 0. The van der Waals surface area contributed by atoms with Crippen molar-refractivity contribution in [1.29, 1.82) is 0 Å². The van der Waals surface area contributed by atoms with Crippen LogP contribution in [0.5, 0.6) is 0 Å². The van der Waals surface area contributed by atoms with Crippen molar-refractivity contribution in [1.82, 2.24) is 0 Å². The minimum atomic E-state index is -0.877. The zero-order valence-electron chi connectivity index (χ0n) is 10.8. The van der Waals surface area contributed by atoms with E-state index in [9.17, 15) is 0 Å². The second-order valence-corrected chi connectivity index (χ2v) is 4.26. The first-order valence-electron chi connectivity index (χ1n) is 6.04. The van der Waals surface area contributed by atoms with E-state index >= 15 is 0 Å². The Morgan fingerprint density at radius 3 is 2.11 bits per heavy atom. The van der Waals surface area contributed by atoms with Crippen LogP contribution in [0.2, 0.25) is 0 Å². The lowest BCUT2D eigenvalue weighted by Crippen LogP contribution is -2.35. The van der Waals surface area contributed by atoms with Gasteiger partial charge in [-0.15, -0.1) is 13.2 Å². The minimum Gasteiger partial charge on any atom is -0.498 e. The molecule has 0 rings (SSSR count). The SMILES string of the molecule is C=CCC=C(CC=C)OCCC(CO)(CO)CO. The molecule has 0 unspecified atom stereocenters. The smallest absolute Gasteiger partial charge is 0.0960 e. The molecule has 0 spiro atoms. The van der Waals surface area contributed by atoms with Crippen molar-refractivity contribution in [2.24, 2.45) is 5.41 Å². The van der Waals surface area contributed by atoms with Gasteiger partial charge in [-0.2, -0.15) is 0 Å². The van der Waals surface area contributed by atoms with Crippen molar-refractivity contribution in [2.75, 3.05) is 26.4 Å². The molecule has 0 aromatic carbocycles. The highest BCUT2D eigenvalue weighted by Gasteiger charge is 2.27. The Morgan fingerprint density at radius 2 is 1.67 bits per heavy atom. The molecule has 0 fully saturated rings. The fourth-order valence-electron chi connectivity index (χ4n) is 1.34. The Hall–Kier alpha value is -1.10. The summed E-state index contributed by atoms with van der Waals surface area (Å²) in [6.45, 7) is 6.80. The van der Waals surface area contributed by atoms with Crippen LogP contribution in [0.15, 0.2) is 37.1 Å². The van der Waals surface area contributed by atoms with E-state index in [1.807, 2.05) is 6.08 Å². The van der Waals surface area contributed by atoms with Crippen molar-refractivity contribution >= 4 is 0 Å². The Kier molecular flexibility index (Phi) is 9.28. The molecule has 0 aliphatic rings.